The Morgan fingerprint density at radius 2 is 1.70 bits per heavy atom. The van der Waals surface area contributed by atoms with E-state index in [0.717, 1.165) is 15.6 Å². The predicted molar refractivity (Wildman–Crippen MR) is 132 cm³/mol. The second-order valence-corrected chi connectivity index (χ2v) is 8.95. The number of hydrogen-bond acceptors (Lipinski definition) is 2. The molecule has 0 heterocycles. The van der Waals surface area contributed by atoms with Crippen LogP contribution in [0, 0.1) is 5.82 Å². The highest BCUT2D eigenvalue weighted by molar-refractivity contribution is 9.10. The first-order chi connectivity index (χ1) is 15.9. The van der Waals surface area contributed by atoms with Gasteiger partial charge in [-0.2, -0.15) is 0 Å². The van der Waals surface area contributed by atoms with Crippen molar-refractivity contribution >= 4 is 39.3 Å². The molecule has 0 radical (unpaired) electrons. The number of carbonyl (C=O) groups is 2. The van der Waals surface area contributed by atoms with Gasteiger partial charge in [0.15, 0.2) is 0 Å². The minimum Gasteiger partial charge on any atom is -0.355 e. The van der Waals surface area contributed by atoms with E-state index < -0.39 is 11.9 Å². The van der Waals surface area contributed by atoms with Crippen LogP contribution in [0.25, 0.3) is 0 Å². The van der Waals surface area contributed by atoms with Crippen LogP contribution in [-0.4, -0.2) is 29.3 Å². The number of halogens is 3. The Bertz CT molecular complexity index is 1070. The molecule has 2 amide bonds. The van der Waals surface area contributed by atoms with E-state index in [1.807, 2.05) is 61.5 Å². The van der Waals surface area contributed by atoms with Crippen LogP contribution in [0.2, 0.25) is 5.02 Å². The third-order valence-electron chi connectivity index (χ3n) is 5.28. The molecule has 0 saturated carbocycles. The van der Waals surface area contributed by atoms with E-state index in [9.17, 15) is 14.0 Å². The number of likely N-dealkylation sites (N-methyl/N-ethyl adjacent to an activating group) is 1. The highest BCUT2D eigenvalue weighted by Gasteiger charge is 2.31. The van der Waals surface area contributed by atoms with E-state index in [4.69, 9.17) is 11.6 Å². The molecule has 0 aliphatic heterocycles. The number of amides is 2. The van der Waals surface area contributed by atoms with Gasteiger partial charge in [-0.3, -0.25) is 9.59 Å². The van der Waals surface area contributed by atoms with Crippen LogP contribution < -0.4 is 5.32 Å². The molecule has 33 heavy (non-hydrogen) atoms. The van der Waals surface area contributed by atoms with Crippen molar-refractivity contribution in [3.63, 3.8) is 0 Å². The lowest BCUT2D eigenvalue weighted by molar-refractivity contribution is -0.140. The molecule has 1 atom stereocenters. The number of nitrogens with one attached hydrogen (secondary N) is 1. The van der Waals surface area contributed by atoms with Gasteiger partial charge in [0.2, 0.25) is 11.8 Å². The maximum atomic E-state index is 14.4. The number of hydrogen-bond donors (Lipinski definition) is 1. The summed E-state index contributed by atoms with van der Waals surface area (Å²) in [5, 5.41) is 3.03. The van der Waals surface area contributed by atoms with Crippen LogP contribution >= 0.6 is 27.5 Å². The van der Waals surface area contributed by atoms with Gasteiger partial charge >= 0.3 is 0 Å². The summed E-state index contributed by atoms with van der Waals surface area (Å²) in [6.07, 6.45) is 0.0900. The lowest BCUT2D eigenvalue weighted by atomic mass is 10.0. The van der Waals surface area contributed by atoms with Gasteiger partial charge < -0.3 is 10.2 Å². The molecule has 3 aromatic carbocycles. The molecule has 0 aliphatic carbocycles. The number of nitrogens with zero attached hydrogens (tertiary/aromatic N) is 1. The predicted octanol–water partition coefficient (Wildman–Crippen LogP) is 5.56. The summed E-state index contributed by atoms with van der Waals surface area (Å²) in [5.74, 6) is -1.18. The standard InChI is InChI=1S/C26H25BrClFN2O2/c1-2-30-26(33)24(15-18-7-4-3-5-8-18)31(17-19-11-13-20(27)14-12-19)25(32)16-21-22(28)9-6-10-23(21)29/h3-14,24H,2,15-17H2,1H3,(H,30,33)/t24-/m1/s1. The van der Waals surface area contributed by atoms with Crippen LogP contribution in [-0.2, 0) is 29.0 Å². The van der Waals surface area contributed by atoms with E-state index in [-0.39, 0.29) is 35.4 Å². The smallest absolute Gasteiger partial charge is 0.243 e. The lowest BCUT2D eigenvalue weighted by Crippen LogP contribution is -2.51. The Morgan fingerprint density at radius 3 is 2.33 bits per heavy atom. The summed E-state index contributed by atoms with van der Waals surface area (Å²) in [4.78, 5) is 28.2. The summed E-state index contributed by atoms with van der Waals surface area (Å²) in [6, 6.07) is 20.6. The van der Waals surface area contributed by atoms with Crippen molar-refractivity contribution in [3.8, 4) is 0 Å². The topological polar surface area (TPSA) is 49.4 Å². The summed E-state index contributed by atoms with van der Waals surface area (Å²) in [6.45, 7) is 2.47. The molecule has 4 nitrogen and oxygen atoms in total. The average molecular weight is 532 g/mol. The van der Waals surface area contributed by atoms with Gasteiger partial charge in [-0.15, -0.1) is 0 Å². The maximum absolute atomic E-state index is 14.4. The van der Waals surface area contributed by atoms with Crippen molar-refractivity contribution < 1.29 is 14.0 Å². The van der Waals surface area contributed by atoms with E-state index in [1.165, 1.54) is 17.0 Å². The highest BCUT2D eigenvalue weighted by Crippen LogP contribution is 2.23. The third-order valence-corrected chi connectivity index (χ3v) is 6.16. The monoisotopic (exact) mass is 530 g/mol. The SMILES string of the molecule is CCNC(=O)[C@@H](Cc1ccccc1)N(Cc1ccc(Br)cc1)C(=O)Cc1c(F)cccc1Cl. The molecule has 0 unspecified atom stereocenters. The second kappa shape index (κ2) is 12.0. The van der Waals surface area contributed by atoms with Gasteiger partial charge in [0, 0.05) is 34.6 Å². The molecular formula is C26H25BrClFN2O2. The zero-order chi connectivity index (χ0) is 23.8. The molecule has 3 rings (SSSR count). The van der Waals surface area contributed by atoms with Crippen molar-refractivity contribution in [2.24, 2.45) is 0 Å². The molecule has 0 spiro atoms. The molecule has 172 valence electrons. The summed E-state index contributed by atoms with van der Waals surface area (Å²) in [7, 11) is 0. The fourth-order valence-electron chi connectivity index (χ4n) is 3.59. The van der Waals surface area contributed by atoms with Crippen LogP contribution in [0.3, 0.4) is 0 Å². The largest absolute Gasteiger partial charge is 0.355 e. The molecule has 0 fully saturated rings. The Kier molecular flexibility index (Phi) is 9.03. The summed E-state index contributed by atoms with van der Waals surface area (Å²) in [5.41, 5.74) is 1.90. The van der Waals surface area contributed by atoms with E-state index in [1.54, 1.807) is 6.07 Å². The average Bonchev–Trinajstić information content (AvgIpc) is 2.80. The first-order valence-corrected chi connectivity index (χ1v) is 11.8. The van der Waals surface area contributed by atoms with E-state index in [2.05, 4.69) is 21.2 Å². The van der Waals surface area contributed by atoms with Crippen LogP contribution in [0.1, 0.15) is 23.6 Å². The molecular weight excluding hydrogens is 507 g/mol. The van der Waals surface area contributed by atoms with Gasteiger partial charge in [0.05, 0.1) is 6.42 Å². The first kappa shape index (κ1) is 24.9. The molecule has 3 aromatic rings. The zero-order valence-corrected chi connectivity index (χ0v) is 20.6. The van der Waals surface area contributed by atoms with E-state index >= 15 is 0 Å². The molecule has 1 N–H and O–H groups in total. The molecule has 0 saturated heterocycles. The fourth-order valence-corrected chi connectivity index (χ4v) is 4.08. The van der Waals surface area contributed by atoms with Crippen LogP contribution in [0.4, 0.5) is 4.39 Å². The fraction of sp³-hybridized carbons (Fsp3) is 0.231. The summed E-state index contributed by atoms with van der Waals surface area (Å²) < 4.78 is 15.3. The molecule has 7 heteroatoms. The molecule has 0 bridgehead atoms. The van der Waals surface area contributed by atoms with E-state index in [0.29, 0.717) is 13.0 Å². The van der Waals surface area contributed by atoms with Crippen LogP contribution in [0.15, 0.2) is 77.3 Å². The minimum absolute atomic E-state index is 0.124. The van der Waals surface area contributed by atoms with Crippen molar-refractivity contribution in [1.82, 2.24) is 10.2 Å². The Morgan fingerprint density at radius 1 is 1.00 bits per heavy atom. The van der Waals surface area contributed by atoms with Gasteiger partial charge in [-0.05, 0) is 42.3 Å². The first-order valence-electron chi connectivity index (χ1n) is 10.7. The normalized spacial score (nSPS) is 11.6. The number of rotatable bonds is 9. The van der Waals surface area contributed by atoms with Crippen molar-refractivity contribution in [3.05, 3.63) is 105 Å². The zero-order valence-electron chi connectivity index (χ0n) is 18.2. The number of benzene rings is 3. The highest BCUT2D eigenvalue weighted by atomic mass is 79.9. The summed E-state index contributed by atoms with van der Waals surface area (Å²) >= 11 is 9.60. The van der Waals surface area contributed by atoms with Gasteiger partial charge in [-0.1, -0.05) is 76.1 Å². The van der Waals surface area contributed by atoms with Crippen LogP contribution in [0.5, 0.6) is 0 Å². The molecule has 0 aromatic heterocycles. The number of carbonyl (C=O) groups excluding carboxylic acids is 2. The van der Waals surface area contributed by atoms with Crippen molar-refractivity contribution in [2.75, 3.05) is 6.54 Å². The second-order valence-electron chi connectivity index (χ2n) is 7.63. The van der Waals surface area contributed by atoms with Gasteiger partial charge in [-0.25, -0.2) is 4.39 Å². The minimum atomic E-state index is -0.769. The Labute approximate surface area is 206 Å². The Hall–Kier alpha value is -2.70. The van der Waals surface area contributed by atoms with Gasteiger partial charge in [0.1, 0.15) is 11.9 Å². The molecule has 0 aliphatic rings. The lowest BCUT2D eigenvalue weighted by Gasteiger charge is -2.31. The quantitative estimate of drug-likeness (QED) is 0.393. The van der Waals surface area contributed by atoms with Gasteiger partial charge in [0.25, 0.3) is 0 Å². The third kappa shape index (κ3) is 6.89. The van der Waals surface area contributed by atoms with Crippen molar-refractivity contribution in [1.29, 1.82) is 0 Å². The van der Waals surface area contributed by atoms with Crippen molar-refractivity contribution in [2.45, 2.75) is 32.4 Å². The maximum Gasteiger partial charge on any atom is 0.243 e. The Balaban J connectivity index is 1.98.